The first-order chi connectivity index (χ1) is 17.3. The Morgan fingerprint density at radius 2 is 1.86 bits per heavy atom. The highest BCUT2D eigenvalue weighted by Gasteiger charge is 2.61. The Morgan fingerprint density at radius 1 is 1.14 bits per heavy atom. The van der Waals surface area contributed by atoms with Crippen LogP contribution in [0.1, 0.15) is 18.0 Å². The van der Waals surface area contributed by atoms with Gasteiger partial charge in [0.1, 0.15) is 30.0 Å². The number of aromatic nitrogens is 4. The Morgan fingerprint density at radius 3 is 2.56 bits per heavy atom. The summed E-state index contributed by atoms with van der Waals surface area (Å²) in [5, 5.41) is 43.3. The fraction of sp³-hybridized carbons (Fsp3) is 0.435. The third kappa shape index (κ3) is 4.27. The van der Waals surface area contributed by atoms with Gasteiger partial charge in [0.15, 0.2) is 17.5 Å². The third-order valence-corrected chi connectivity index (χ3v) is 6.60. The Balaban J connectivity index is 1.45. The van der Waals surface area contributed by atoms with E-state index in [9.17, 15) is 28.5 Å². The standard InChI is InChI=1S/C23H24F3N5O5/c24-14-7-13(8-15(25)19(14)26)16-10-31(30-29-16)20-21(33)17(11-32)36-23(22(20)34)18(3-6-35-23)28-9-12-1-4-27-5-2-12/h1-2,4-5,7-8,10,17-18,20-22,28,32-34H,3,6,9,11H2/t17-,18-,20+,21+,22-,23+/m1/s1. The Kier molecular flexibility index (Phi) is 6.76. The van der Waals surface area contributed by atoms with Crippen molar-refractivity contribution in [3.63, 3.8) is 0 Å². The molecule has 3 aromatic rings. The van der Waals surface area contributed by atoms with E-state index in [1.807, 2.05) is 12.1 Å². The number of aliphatic hydroxyl groups is 3. The molecule has 13 heteroatoms. The van der Waals surface area contributed by atoms with Crippen LogP contribution in [0.2, 0.25) is 0 Å². The molecule has 6 atom stereocenters. The molecule has 0 radical (unpaired) electrons. The minimum atomic E-state index is -1.63. The number of halogens is 3. The first kappa shape index (κ1) is 24.7. The van der Waals surface area contributed by atoms with E-state index in [0.29, 0.717) is 13.0 Å². The van der Waals surface area contributed by atoms with Gasteiger partial charge in [-0.1, -0.05) is 5.21 Å². The molecule has 0 saturated carbocycles. The van der Waals surface area contributed by atoms with Crippen molar-refractivity contribution in [2.45, 2.75) is 49.1 Å². The summed E-state index contributed by atoms with van der Waals surface area (Å²) in [5.41, 5.74) is 0.830. The molecule has 36 heavy (non-hydrogen) atoms. The van der Waals surface area contributed by atoms with Crippen LogP contribution in [0.15, 0.2) is 42.9 Å². The van der Waals surface area contributed by atoms with Crippen LogP contribution < -0.4 is 5.32 Å². The van der Waals surface area contributed by atoms with Crippen LogP contribution in [0, 0.1) is 17.5 Å². The van der Waals surface area contributed by atoms with Crippen LogP contribution in [0.25, 0.3) is 11.3 Å². The molecule has 0 amide bonds. The van der Waals surface area contributed by atoms with Gasteiger partial charge in [0.25, 0.3) is 0 Å². The molecule has 2 aliphatic rings. The van der Waals surface area contributed by atoms with Gasteiger partial charge in [-0.3, -0.25) is 4.98 Å². The summed E-state index contributed by atoms with van der Waals surface area (Å²) < 4.78 is 53.8. The van der Waals surface area contributed by atoms with E-state index < -0.39 is 60.2 Å². The van der Waals surface area contributed by atoms with Crippen molar-refractivity contribution in [2.75, 3.05) is 13.2 Å². The highest BCUT2D eigenvalue weighted by Crippen LogP contribution is 2.43. The third-order valence-electron chi connectivity index (χ3n) is 6.60. The van der Waals surface area contributed by atoms with Crippen molar-refractivity contribution >= 4 is 0 Å². The van der Waals surface area contributed by atoms with Crippen LogP contribution in [-0.2, 0) is 16.0 Å². The molecule has 5 rings (SSSR count). The van der Waals surface area contributed by atoms with E-state index in [-0.39, 0.29) is 17.9 Å². The zero-order valence-corrected chi connectivity index (χ0v) is 18.8. The number of nitrogens with zero attached hydrogens (tertiary/aromatic N) is 4. The SMILES string of the molecule is OC[C@H]1O[C@]2(OCC[C@H]2NCc2ccncc2)[C@H](O)[C@@H](n2cc(-c3cc(F)c(F)c(F)c3)nn2)[C@H]1O. The predicted molar refractivity (Wildman–Crippen MR) is 117 cm³/mol. The lowest BCUT2D eigenvalue weighted by atomic mass is 9.86. The Hall–Kier alpha value is -2.94. The summed E-state index contributed by atoms with van der Waals surface area (Å²) in [7, 11) is 0. The molecule has 2 fully saturated rings. The van der Waals surface area contributed by atoms with Gasteiger partial charge in [0.05, 0.1) is 25.5 Å². The molecule has 1 spiro atoms. The van der Waals surface area contributed by atoms with Gasteiger partial charge < -0.3 is 30.1 Å². The fourth-order valence-corrected chi connectivity index (χ4v) is 4.76. The van der Waals surface area contributed by atoms with Gasteiger partial charge in [0.2, 0.25) is 5.79 Å². The highest BCUT2D eigenvalue weighted by molar-refractivity contribution is 5.58. The van der Waals surface area contributed by atoms with E-state index in [4.69, 9.17) is 9.47 Å². The normalized spacial score (nSPS) is 30.2. The van der Waals surface area contributed by atoms with Gasteiger partial charge >= 0.3 is 0 Å². The van der Waals surface area contributed by atoms with E-state index in [0.717, 1.165) is 22.4 Å². The molecule has 2 aromatic heterocycles. The summed E-state index contributed by atoms with van der Waals surface area (Å²) in [6.07, 6.45) is 0.972. The van der Waals surface area contributed by atoms with Crippen molar-refractivity contribution in [3.8, 4) is 11.3 Å². The van der Waals surface area contributed by atoms with E-state index in [1.165, 1.54) is 6.20 Å². The largest absolute Gasteiger partial charge is 0.394 e. The lowest BCUT2D eigenvalue weighted by Gasteiger charge is -2.49. The van der Waals surface area contributed by atoms with Gasteiger partial charge in [-0.2, -0.15) is 0 Å². The van der Waals surface area contributed by atoms with Crippen molar-refractivity contribution < 1.29 is 38.0 Å². The topological polar surface area (TPSA) is 135 Å². The maximum absolute atomic E-state index is 13.7. The molecule has 192 valence electrons. The Labute approximate surface area is 203 Å². The predicted octanol–water partition coefficient (Wildman–Crippen LogP) is 0.686. The Bertz CT molecular complexity index is 1190. The van der Waals surface area contributed by atoms with Gasteiger partial charge in [0, 0.05) is 24.5 Å². The van der Waals surface area contributed by atoms with Crippen LogP contribution in [-0.4, -0.2) is 78.7 Å². The summed E-state index contributed by atoms with van der Waals surface area (Å²) in [6, 6.07) is 3.47. The molecule has 2 aliphatic heterocycles. The van der Waals surface area contributed by atoms with E-state index >= 15 is 0 Å². The van der Waals surface area contributed by atoms with Gasteiger partial charge in [-0.05, 0) is 36.2 Å². The van der Waals surface area contributed by atoms with Crippen molar-refractivity contribution in [2.24, 2.45) is 0 Å². The highest BCUT2D eigenvalue weighted by atomic mass is 19.2. The lowest BCUT2D eigenvalue weighted by molar-refractivity contribution is -0.345. The van der Waals surface area contributed by atoms with E-state index in [1.54, 1.807) is 12.4 Å². The second-order valence-corrected chi connectivity index (χ2v) is 8.75. The van der Waals surface area contributed by atoms with Crippen LogP contribution in [0.3, 0.4) is 0 Å². The average molecular weight is 507 g/mol. The van der Waals surface area contributed by atoms with E-state index in [2.05, 4.69) is 20.6 Å². The number of hydrogen-bond donors (Lipinski definition) is 4. The van der Waals surface area contributed by atoms with Crippen LogP contribution in [0.5, 0.6) is 0 Å². The minimum absolute atomic E-state index is 0.0204. The number of benzene rings is 1. The average Bonchev–Trinajstić information content (AvgIpc) is 3.52. The maximum Gasteiger partial charge on any atom is 0.213 e. The van der Waals surface area contributed by atoms with Crippen molar-refractivity contribution in [3.05, 3.63) is 65.9 Å². The maximum atomic E-state index is 13.7. The number of nitrogens with one attached hydrogen (secondary N) is 1. The molecule has 4 N–H and O–H groups in total. The zero-order valence-electron chi connectivity index (χ0n) is 18.8. The summed E-state index contributed by atoms with van der Waals surface area (Å²) in [6.45, 7) is 0.0752. The molecule has 0 bridgehead atoms. The molecule has 4 heterocycles. The second-order valence-electron chi connectivity index (χ2n) is 8.75. The number of pyridine rings is 1. The first-order valence-corrected chi connectivity index (χ1v) is 11.3. The first-order valence-electron chi connectivity index (χ1n) is 11.3. The van der Waals surface area contributed by atoms with Crippen LogP contribution in [0.4, 0.5) is 13.2 Å². The molecule has 0 unspecified atom stereocenters. The lowest BCUT2D eigenvalue weighted by Crippen LogP contribution is -2.68. The number of rotatable bonds is 6. The molecule has 1 aromatic carbocycles. The fourth-order valence-electron chi connectivity index (χ4n) is 4.76. The smallest absolute Gasteiger partial charge is 0.213 e. The quantitative estimate of drug-likeness (QED) is 0.356. The number of ether oxygens (including phenoxy) is 2. The van der Waals surface area contributed by atoms with Crippen molar-refractivity contribution in [1.82, 2.24) is 25.3 Å². The summed E-state index contributed by atoms with van der Waals surface area (Å²) in [4.78, 5) is 3.98. The number of hydrogen-bond acceptors (Lipinski definition) is 9. The summed E-state index contributed by atoms with van der Waals surface area (Å²) in [5.74, 6) is -6.04. The van der Waals surface area contributed by atoms with Crippen molar-refractivity contribution in [1.29, 1.82) is 0 Å². The molecule has 0 aliphatic carbocycles. The monoisotopic (exact) mass is 507 g/mol. The molecular weight excluding hydrogens is 483 g/mol. The molecular formula is C23H24F3N5O5. The zero-order chi connectivity index (χ0) is 25.4. The minimum Gasteiger partial charge on any atom is -0.394 e. The van der Waals surface area contributed by atoms with Gasteiger partial charge in [-0.15, -0.1) is 5.10 Å². The van der Waals surface area contributed by atoms with Gasteiger partial charge in [-0.25, -0.2) is 17.9 Å². The second kappa shape index (κ2) is 9.84. The molecule has 2 saturated heterocycles. The van der Waals surface area contributed by atoms with Crippen LogP contribution >= 0.6 is 0 Å². The number of aliphatic hydroxyl groups excluding tert-OH is 3. The summed E-state index contributed by atoms with van der Waals surface area (Å²) >= 11 is 0. The molecule has 10 nitrogen and oxygen atoms in total.